The van der Waals surface area contributed by atoms with Crippen molar-refractivity contribution in [1.29, 1.82) is 0 Å². The molecule has 0 rings (SSSR count). The first-order chi connectivity index (χ1) is 4.85. The average Bonchev–Trinajstić information content (AvgIpc) is 1.99. The number of nitrogens with one attached hydrogen (secondary N) is 1. The van der Waals surface area contributed by atoms with Crippen LogP contribution >= 0.6 is 24.4 Å². The van der Waals surface area contributed by atoms with Crippen LogP contribution in [0.25, 0.3) is 0 Å². The smallest absolute Gasteiger partial charge is 0.177 e. The maximum absolute atomic E-state index is 9.80. The fraction of sp³-hybridized carbons (Fsp3) is 0.800. The maximum Gasteiger partial charge on any atom is 0.177 e. The van der Waals surface area contributed by atoms with E-state index in [4.69, 9.17) is 5.11 Å². The van der Waals surface area contributed by atoms with Crippen LogP contribution in [0.5, 0.6) is 0 Å². The van der Waals surface area contributed by atoms with Gasteiger partial charge in [0.05, 0.1) is 6.61 Å². The van der Waals surface area contributed by atoms with Crippen LogP contribution in [0.4, 0.5) is 0 Å². The maximum atomic E-state index is 9.80. The SMILES string of the molecule is O=CSCN[C@H](CO)CS. The summed E-state index contributed by atoms with van der Waals surface area (Å²) in [6.07, 6.45) is 0. The van der Waals surface area contributed by atoms with E-state index < -0.39 is 0 Å². The molecule has 1 atom stereocenters. The van der Waals surface area contributed by atoms with Gasteiger partial charge in [-0.05, 0) is 0 Å². The average molecular weight is 181 g/mol. The van der Waals surface area contributed by atoms with E-state index in [1.807, 2.05) is 0 Å². The van der Waals surface area contributed by atoms with Crippen molar-refractivity contribution in [2.75, 3.05) is 18.2 Å². The van der Waals surface area contributed by atoms with E-state index in [-0.39, 0.29) is 12.6 Å². The van der Waals surface area contributed by atoms with Crippen LogP contribution in [0.15, 0.2) is 0 Å². The monoisotopic (exact) mass is 181 g/mol. The minimum atomic E-state index is -0.00390. The van der Waals surface area contributed by atoms with Crippen molar-refractivity contribution in [1.82, 2.24) is 5.32 Å². The van der Waals surface area contributed by atoms with E-state index in [0.29, 0.717) is 11.6 Å². The van der Waals surface area contributed by atoms with Crippen LogP contribution in [0.1, 0.15) is 0 Å². The molecule has 0 aliphatic rings. The highest BCUT2D eigenvalue weighted by atomic mass is 32.2. The third kappa shape index (κ3) is 5.10. The van der Waals surface area contributed by atoms with Crippen LogP contribution < -0.4 is 5.32 Å². The molecule has 0 aromatic rings. The van der Waals surface area contributed by atoms with Gasteiger partial charge in [-0.3, -0.25) is 4.79 Å². The zero-order valence-electron chi connectivity index (χ0n) is 5.49. The van der Waals surface area contributed by atoms with Crippen molar-refractivity contribution in [3.05, 3.63) is 0 Å². The Morgan fingerprint density at radius 3 is 2.90 bits per heavy atom. The second kappa shape index (κ2) is 7.40. The molecule has 0 unspecified atom stereocenters. The quantitative estimate of drug-likeness (QED) is 0.229. The Hall–Kier alpha value is 0.290. The van der Waals surface area contributed by atoms with E-state index >= 15 is 0 Å². The largest absolute Gasteiger partial charge is 0.395 e. The summed E-state index contributed by atoms with van der Waals surface area (Å²) >= 11 is 5.11. The highest BCUT2D eigenvalue weighted by molar-refractivity contribution is 8.11. The Morgan fingerprint density at radius 1 is 1.80 bits per heavy atom. The molecule has 5 heteroatoms. The van der Waals surface area contributed by atoms with Gasteiger partial charge in [0.15, 0.2) is 5.62 Å². The summed E-state index contributed by atoms with van der Waals surface area (Å²) in [4.78, 5) is 9.80. The predicted molar refractivity (Wildman–Crippen MR) is 47.1 cm³/mol. The van der Waals surface area contributed by atoms with Gasteiger partial charge in [0.1, 0.15) is 0 Å². The molecule has 60 valence electrons. The van der Waals surface area contributed by atoms with Gasteiger partial charge < -0.3 is 10.4 Å². The van der Waals surface area contributed by atoms with E-state index in [9.17, 15) is 4.79 Å². The Kier molecular flexibility index (Phi) is 7.61. The molecule has 0 aliphatic heterocycles. The van der Waals surface area contributed by atoms with Gasteiger partial charge in [0.25, 0.3) is 0 Å². The highest BCUT2D eigenvalue weighted by Gasteiger charge is 2.01. The minimum absolute atomic E-state index is 0.00390. The summed E-state index contributed by atoms with van der Waals surface area (Å²) in [5.41, 5.74) is 0.764. The molecule has 0 amide bonds. The van der Waals surface area contributed by atoms with Crippen molar-refractivity contribution in [2.24, 2.45) is 0 Å². The van der Waals surface area contributed by atoms with Crippen LogP contribution in [-0.2, 0) is 4.79 Å². The van der Waals surface area contributed by atoms with Crippen molar-refractivity contribution >= 4 is 30.0 Å². The minimum Gasteiger partial charge on any atom is -0.395 e. The molecule has 0 aromatic heterocycles. The summed E-state index contributed by atoms with van der Waals surface area (Å²) in [6, 6.07) is -0.00390. The Balaban J connectivity index is 3.16. The summed E-state index contributed by atoms with van der Waals surface area (Å²) in [6.45, 7) is 0.0584. The van der Waals surface area contributed by atoms with E-state index in [0.717, 1.165) is 17.4 Å². The van der Waals surface area contributed by atoms with Crippen molar-refractivity contribution < 1.29 is 9.90 Å². The molecule has 2 N–H and O–H groups in total. The van der Waals surface area contributed by atoms with Crippen LogP contribution in [0.3, 0.4) is 0 Å². The zero-order chi connectivity index (χ0) is 7.82. The molecule has 0 fully saturated rings. The fourth-order valence-electron chi connectivity index (χ4n) is 0.387. The number of carbonyl (C=O) groups is 1. The third-order valence-corrected chi connectivity index (χ3v) is 1.87. The molecular weight excluding hydrogens is 170 g/mol. The van der Waals surface area contributed by atoms with E-state index in [1.54, 1.807) is 0 Å². The van der Waals surface area contributed by atoms with Gasteiger partial charge in [-0.2, -0.15) is 12.6 Å². The normalized spacial score (nSPS) is 13.0. The summed E-state index contributed by atoms with van der Waals surface area (Å²) in [5, 5.41) is 11.5. The Bertz CT molecular complexity index is 87.7. The number of hydrogen-bond acceptors (Lipinski definition) is 5. The first kappa shape index (κ1) is 10.3. The van der Waals surface area contributed by atoms with Gasteiger partial charge >= 0.3 is 0 Å². The van der Waals surface area contributed by atoms with Crippen molar-refractivity contribution in [3.8, 4) is 0 Å². The molecule has 0 saturated heterocycles. The molecule has 10 heavy (non-hydrogen) atoms. The van der Waals surface area contributed by atoms with Gasteiger partial charge in [-0.25, -0.2) is 0 Å². The van der Waals surface area contributed by atoms with Gasteiger partial charge in [-0.1, -0.05) is 11.8 Å². The van der Waals surface area contributed by atoms with Gasteiger partial charge in [0.2, 0.25) is 0 Å². The molecular formula is C5H11NO2S2. The van der Waals surface area contributed by atoms with Gasteiger partial charge in [-0.15, -0.1) is 0 Å². The third-order valence-electron chi connectivity index (χ3n) is 0.964. The molecule has 3 nitrogen and oxygen atoms in total. The number of aliphatic hydroxyl groups excluding tert-OH is 1. The summed E-state index contributed by atoms with van der Waals surface area (Å²) in [5.74, 6) is 1.12. The molecule has 0 spiro atoms. The Labute approximate surface area is 70.0 Å². The predicted octanol–water partition coefficient (Wildman–Crippen LogP) is -0.252. The van der Waals surface area contributed by atoms with E-state index in [2.05, 4.69) is 17.9 Å². The standard InChI is InChI=1S/C5H11NO2S2/c7-1-5(2-9)6-3-10-4-8/h4-7,9H,1-3H2/t5-/m1/s1. The number of thiol groups is 1. The van der Waals surface area contributed by atoms with Crippen LogP contribution in [0, 0.1) is 0 Å². The molecule has 0 aliphatic carbocycles. The number of thioether (sulfide) groups is 1. The first-order valence-electron chi connectivity index (χ1n) is 2.85. The highest BCUT2D eigenvalue weighted by Crippen LogP contribution is 1.92. The van der Waals surface area contributed by atoms with Crippen molar-refractivity contribution in [2.45, 2.75) is 6.04 Å². The number of hydrogen-bond donors (Lipinski definition) is 3. The summed E-state index contributed by atoms with van der Waals surface area (Å²) < 4.78 is 0. The molecule has 0 saturated carbocycles. The van der Waals surface area contributed by atoms with Gasteiger partial charge in [0, 0.05) is 17.7 Å². The number of carbonyl (C=O) groups excluding carboxylic acids is 1. The van der Waals surface area contributed by atoms with Crippen LogP contribution in [-0.4, -0.2) is 35.0 Å². The molecule has 0 radical (unpaired) electrons. The lowest BCUT2D eigenvalue weighted by Crippen LogP contribution is -2.33. The lowest BCUT2D eigenvalue weighted by Gasteiger charge is -2.10. The second-order valence-corrected chi connectivity index (χ2v) is 2.85. The number of rotatable bonds is 6. The lowest BCUT2D eigenvalue weighted by atomic mass is 10.4. The lowest BCUT2D eigenvalue weighted by molar-refractivity contribution is 0.259. The first-order valence-corrected chi connectivity index (χ1v) is 4.53. The molecule has 0 heterocycles. The van der Waals surface area contributed by atoms with E-state index in [1.165, 1.54) is 0 Å². The molecule has 0 aromatic carbocycles. The van der Waals surface area contributed by atoms with Crippen LogP contribution in [0.2, 0.25) is 0 Å². The molecule has 0 bridgehead atoms. The second-order valence-electron chi connectivity index (χ2n) is 1.67. The number of aliphatic hydroxyl groups is 1. The topological polar surface area (TPSA) is 49.3 Å². The Morgan fingerprint density at radius 2 is 2.50 bits per heavy atom. The fourth-order valence-corrected chi connectivity index (χ4v) is 1.03. The summed E-state index contributed by atoms with van der Waals surface area (Å²) in [7, 11) is 0. The van der Waals surface area contributed by atoms with Crippen molar-refractivity contribution in [3.63, 3.8) is 0 Å². The zero-order valence-corrected chi connectivity index (χ0v) is 7.20.